The Hall–Kier alpha value is -2.96. The van der Waals surface area contributed by atoms with E-state index < -0.39 is 0 Å². The number of rotatable bonds is 4. The van der Waals surface area contributed by atoms with Crippen molar-refractivity contribution in [3.8, 4) is 0 Å². The van der Waals surface area contributed by atoms with Crippen molar-refractivity contribution in [2.45, 2.75) is 164 Å². The molecule has 0 nitrogen and oxygen atoms in total. The van der Waals surface area contributed by atoms with Crippen LogP contribution in [0.15, 0.2) is 108 Å². The van der Waals surface area contributed by atoms with Crippen LogP contribution in [-0.4, -0.2) is 3.21 Å². The molecule has 7 aliphatic rings. The third-order valence-electron chi connectivity index (χ3n) is 16.6. The molecule has 0 heterocycles. The summed E-state index contributed by atoms with van der Waals surface area (Å²) >= 11 is 1.46. The number of allylic oxidation sites excluding steroid dienone is 8. The second-order valence-electron chi connectivity index (χ2n) is 25.1. The Kier molecular flexibility index (Phi) is 14.4. The third-order valence-corrected chi connectivity index (χ3v) is 18.0. The molecular formula is C64H76Cl2Zr-2. The van der Waals surface area contributed by atoms with Gasteiger partial charge in [-0.05, 0) is 97.8 Å². The SMILES string of the molecule is CC(C)(C)c1ccc([C](=[Zr+2])c2ccc(C(C)(C)C)cc2)cc1.CC1=CC(C)(C)c2cc3[cH-]c4cc5c(cc4c3cc21)C(C)=CC5(C)C.CC1=[C-]C(C)C=C1CC12CC3CC(CC(C3)C1)C2.[Cl-].[Cl-]. The van der Waals surface area contributed by atoms with Gasteiger partial charge >= 0.3 is 151 Å². The van der Waals surface area contributed by atoms with Gasteiger partial charge < -0.3 is 24.8 Å². The second-order valence-corrected chi connectivity index (χ2v) is 26.3. The summed E-state index contributed by atoms with van der Waals surface area (Å²) in [6.45, 7) is 31.9. The standard InChI is InChI=1S/C25H25.C21H26.C18H25.2ClH.Zr/c1-14-12-24(3,4)22-8-16-7-17-9-23-19(15(2)13-25(23,5)6)11-21(17)20(16)10-18(14)22;1-20(2,3)18-11-7-16(8-12-18)15-17-9-13-19(14-10-17)21(4,5)6;1-12-3-13(2)17(4-12)11-18-8-14-5-15(9-18)7-16(6-14)10-18;;;/h7-13H,1-6H3;7-14H,1-6H3;4,12,14-16H,5-11H2,1-2H3;2*1H;/q-1;;-1;;;+2/p-2. The normalized spacial score (nSPS) is 24.8. The van der Waals surface area contributed by atoms with Crippen LogP contribution in [0.25, 0.3) is 32.7 Å². The molecule has 352 valence electrons. The molecule has 0 aliphatic heterocycles. The second kappa shape index (κ2) is 18.7. The molecule has 0 aromatic heterocycles. The Balaban J connectivity index is 0.000000149. The average Bonchev–Trinajstić information content (AvgIpc) is 3.88. The summed E-state index contributed by atoms with van der Waals surface area (Å²) in [5.41, 5.74) is 18.6. The minimum Gasteiger partial charge on any atom is -1.00 e. The van der Waals surface area contributed by atoms with Crippen LogP contribution in [0.4, 0.5) is 0 Å². The van der Waals surface area contributed by atoms with E-state index in [1.807, 2.05) is 0 Å². The number of hydrogen-bond donors (Lipinski definition) is 0. The molecule has 5 aromatic rings. The van der Waals surface area contributed by atoms with Crippen molar-refractivity contribution in [1.82, 2.24) is 0 Å². The zero-order chi connectivity index (χ0) is 46.6. The third kappa shape index (κ3) is 10.3. The van der Waals surface area contributed by atoms with Gasteiger partial charge in [0.1, 0.15) is 0 Å². The fourth-order valence-corrected chi connectivity index (χ4v) is 14.5. The van der Waals surface area contributed by atoms with Crippen molar-refractivity contribution in [2.75, 3.05) is 0 Å². The largest absolute Gasteiger partial charge is 1.00 e. The van der Waals surface area contributed by atoms with E-state index in [1.165, 1.54) is 117 Å². The summed E-state index contributed by atoms with van der Waals surface area (Å²) in [5.74, 6) is 3.82. The number of benzene rings is 4. The van der Waals surface area contributed by atoms with Crippen molar-refractivity contribution in [3.05, 3.63) is 159 Å². The van der Waals surface area contributed by atoms with E-state index >= 15 is 0 Å². The minimum atomic E-state index is 0. The summed E-state index contributed by atoms with van der Waals surface area (Å²) in [4.78, 5) is 0. The van der Waals surface area contributed by atoms with Crippen LogP contribution in [-0.2, 0) is 45.9 Å². The molecule has 4 bridgehead atoms. The van der Waals surface area contributed by atoms with Gasteiger partial charge in [0, 0.05) is 10.8 Å². The van der Waals surface area contributed by atoms with E-state index in [2.05, 4.69) is 200 Å². The van der Waals surface area contributed by atoms with Crippen LogP contribution in [0.1, 0.15) is 186 Å². The first-order chi connectivity index (χ1) is 30.4. The summed E-state index contributed by atoms with van der Waals surface area (Å²) in [6, 6.07) is 30.2. The van der Waals surface area contributed by atoms with Gasteiger partial charge in [0.2, 0.25) is 0 Å². The molecule has 0 saturated heterocycles. The molecule has 4 fully saturated rings. The van der Waals surface area contributed by atoms with Crippen molar-refractivity contribution >= 4 is 35.9 Å². The Morgan fingerprint density at radius 3 is 1.36 bits per heavy atom. The fraction of sp³-hybridized carbons (Fsp3) is 0.469. The van der Waals surface area contributed by atoms with Crippen LogP contribution in [0.3, 0.4) is 0 Å². The molecule has 5 aromatic carbocycles. The summed E-state index contributed by atoms with van der Waals surface area (Å²) in [7, 11) is 0. The predicted octanol–water partition coefficient (Wildman–Crippen LogP) is 11.4. The molecule has 0 N–H and O–H groups in total. The van der Waals surface area contributed by atoms with Crippen molar-refractivity contribution in [1.29, 1.82) is 0 Å². The minimum absolute atomic E-state index is 0. The first-order valence-electron chi connectivity index (χ1n) is 25.1. The molecule has 4 saturated carbocycles. The van der Waals surface area contributed by atoms with E-state index in [9.17, 15) is 0 Å². The van der Waals surface area contributed by atoms with Crippen molar-refractivity contribution in [3.63, 3.8) is 0 Å². The molecule has 12 rings (SSSR count). The maximum Gasteiger partial charge on any atom is 0.00178 e. The zero-order valence-corrected chi connectivity index (χ0v) is 47.2. The van der Waals surface area contributed by atoms with Crippen molar-refractivity contribution in [2.24, 2.45) is 29.1 Å². The summed E-state index contributed by atoms with van der Waals surface area (Å²) in [6.07, 6.45) is 21.6. The fourth-order valence-electron chi connectivity index (χ4n) is 13.7. The topological polar surface area (TPSA) is 0 Å². The van der Waals surface area contributed by atoms with Gasteiger partial charge in [-0.15, -0.1) is 39.7 Å². The van der Waals surface area contributed by atoms with Gasteiger partial charge in [-0.25, -0.2) is 5.57 Å². The molecule has 0 amide bonds. The molecule has 7 aliphatic carbocycles. The van der Waals surface area contributed by atoms with Gasteiger partial charge in [0.15, 0.2) is 0 Å². The molecule has 3 heteroatoms. The van der Waals surface area contributed by atoms with Gasteiger partial charge in [-0.3, -0.25) is 6.08 Å². The summed E-state index contributed by atoms with van der Waals surface area (Å²) in [5, 5.41) is 5.57. The molecule has 1 unspecified atom stereocenters. The Morgan fingerprint density at radius 1 is 0.627 bits per heavy atom. The quantitative estimate of drug-likeness (QED) is 0.157. The molecular weight excluding hydrogens is 931 g/mol. The van der Waals surface area contributed by atoms with Crippen LogP contribution in [0.5, 0.6) is 0 Å². The Labute approximate surface area is 433 Å². The van der Waals surface area contributed by atoms with Crippen LogP contribution < -0.4 is 24.8 Å². The maximum absolute atomic E-state index is 3.57. The monoisotopic (exact) mass is 1000 g/mol. The molecule has 67 heavy (non-hydrogen) atoms. The number of fused-ring (bicyclic) bond motifs is 5. The maximum atomic E-state index is 3.57. The van der Waals surface area contributed by atoms with Gasteiger partial charge in [-0.1, -0.05) is 89.3 Å². The van der Waals surface area contributed by atoms with E-state index in [1.54, 1.807) is 44.1 Å². The van der Waals surface area contributed by atoms with E-state index in [0.717, 1.165) is 17.8 Å². The Bertz CT molecular complexity index is 2630. The van der Waals surface area contributed by atoms with Gasteiger partial charge in [0.25, 0.3) is 0 Å². The van der Waals surface area contributed by atoms with Crippen LogP contribution in [0, 0.1) is 35.2 Å². The number of halogens is 2. The molecule has 0 radical (unpaired) electrons. The van der Waals surface area contributed by atoms with E-state index in [0.29, 0.717) is 11.3 Å². The first-order valence-corrected chi connectivity index (χ1v) is 26.3. The van der Waals surface area contributed by atoms with Gasteiger partial charge in [0.05, 0.1) is 0 Å². The summed E-state index contributed by atoms with van der Waals surface area (Å²) < 4.78 is 1.42. The van der Waals surface area contributed by atoms with Crippen molar-refractivity contribution < 1.29 is 49.0 Å². The zero-order valence-electron chi connectivity index (χ0n) is 43.3. The average molecular weight is 1010 g/mol. The predicted molar refractivity (Wildman–Crippen MR) is 279 cm³/mol. The molecule has 1 atom stereocenters. The van der Waals surface area contributed by atoms with E-state index in [4.69, 9.17) is 0 Å². The Morgan fingerprint density at radius 2 is 1.01 bits per heavy atom. The van der Waals surface area contributed by atoms with E-state index in [-0.39, 0.29) is 46.5 Å². The first kappa shape index (κ1) is 51.9. The van der Waals surface area contributed by atoms with Crippen LogP contribution in [0.2, 0.25) is 0 Å². The smallest absolute Gasteiger partial charge is 0.00178 e. The van der Waals surface area contributed by atoms with Crippen LogP contribution >= 0.6 is 0 Å². The number of hydrogen-bond acceptors (Lipinski definition) is 0. The van der Waals surface area contributed by atoms with Gasteiger partial charge in [-0.2, -0.15) is 11.6 Å². The molecule has 0 spiro atoms.